The van der Waals surface area contributed by atoms with Crippen LogP contribution in [0.5, 0.6) is 0 Å². The van der Waals surface area contributed by atoms with E-state index in [9.17, 15) is 4.79 Å². The number of fused-ring (bicyclic) bond motifs is 1. The van der Waals surface area contributed by atoms with Crippen LogP contribution in [-0.4, -0.2) is 28.0 Å². The van der Waals surface area contributed by atoms with Crippen molar-refractivity contribution in [2.24, 2.45) is 0 Å². The largest absolute Gasteiger partial charge is 0.465 e. The van der Waals surface area contributed by atoms with Gasteiger partial charge in [-0.15, -0.1) is 0 Å². The Kier molecular flexibility index (Phi) is 3.12. The normalized spacial score (nSPS) is 10.7. The van der Waals surface area contributed by atoms with Crippen molar-refractivity contribution in [3.05, 3.63) is 47.5 Å². The number of benzene rings is 1. The van der Waals surface area contributed by atoms with E-state index >= 15 is 0 Å². The van der Waals surface area contributed by atoms with Crippen LogP contribution in [0.15, 0.2) is 36.7 Å². The lowest BCUT2D eigenvalue weighted by Crippen LogP contribution is -2.01. The van der Waals surface area contributed by atoms with Gasteiger partial charge in [-0.3, -0.25) is 0 Å². The second-order valence-electron chi connectivity index (χ2n) is 4.13. The highest BCUT2D eigenvalue weighted by atomic mass is 35.5. The van der Waals surface area contributed by atoms with Gasteiger partial charge in [0.05, 0.1) is 23.9 Å². The molecule has 0 saturated carbocycles. The molecule has 1 aromatic carbocycles. The SMILES string of the molecule is COC(=O)c1cccc2c(-c3ccnc(Cl)n3)c[nH]c12. The highest BCUT2D eigenvalue weighted by Crippen LogP contribution is 2.29. The Hall–Kier alpha value is -2.40. The molecule has 0 aliphatic heterocycles. The third-order valence-electron chi connectivity index (χ3n) is 3.02. The van der Waals surface area contributed by atoms with Gasteiger partial charge in [0, 0.05) is 23.3 Å². The van der Waals surface area contributed by atoms with E-state index in [1.54, 1.807) is 30.6 Å². The number of aromatic amines is 1. The number of carbonyl (C=O) groups excluding carboxylic acids is 1. The zero-order chi connectivity index (χ0) is 14.1. The first-order valence-corrected chi connectivity index (χ1v) is 6.26. The molecule has 5 nitrogen and oxygen atoms in total. The second kappa shape index (κ2) is 4.94. The van der Waals surface area contributed by atoms with Crippen molar-refractivity contribution < 1.29 is 9.53 Å². The van der Waals surface area contributed by atoms with E-state index in [0.29, 0.717) is 16.8 Å². The summed E-state index contributed by atoms with van der Waals surface area (Å²) in [5.41, 5.74) is 2.74. The van der Waals surface area contributed by atoms with Crippen molar-refractivity contribution in [1.29, 1.82) is 0 Å². The van der Waals surface area contributed by atoms with E-state index in [1.165, 1.54) is 7.11 Å². The number of para-hydroxylation sites is 1. The van der Waals surface area contributed by atoms with Crippen molar-refractivity contribution in [1.82, 2.24) is 15.0 Å². The molecule has 0 aliphatic carbocycles. The molecular formula is C14H10ClN3O2. The van der Waals surface area contributed by atoms with Crippen molar-refractivity contribution in [3.63, 3.8) is 0 Å². The van der Waals surface area contributed by atoms with Crippen LogP contribution in [0.3, 0.4) is 0 Å². The van der Waals surface area contributed by atoms with Crippen LogP contribution in [0, 0.1) is 0 Å². The predicted molar refractivity (Wildman–Crippen MR) is 75.7 cm³/mol. The molecular weight excluding hydrogens is 278 g/mol. The van der Waals surface area contributed by atoms with Crippen molar-refractivity contribution in [3.8, 4) is 11.3 Å². The van der Waals surface area contributed by atoms with E-state index < -0.39 is 0 Å². The third kappa shape index (κ3) is 2.02. The van der Waals surface area contributed by atoms with E-state index in [-0.39, 0.29) is 11.3 Å². The molecule has 100 valence electrons. The van der Waals surface area contributed by atoms with E-state index in [0.717, 1.165) is 10.9 Å². The topological polar surface area (TPSA) is 67.9 Å². The predicted octanol–water partition coefficient (Wildman–Crippen LogP) is 3.06. The van der Waals surface area contributed by atoms with Gasteiger partial charge < -0.3 is 9.72 Å². The second-order valence-corrected chi connectivity index (χ2v) is 4.47. The number of hydrogen-bond donors (Lipinski definition) is 1. The summed E-state index contributed by atoms with van der Waals surface area (Å²) in [5, 5.41) is 1.06. The summed E-state index contributed by atoms with van der Waals surface area (Å²) in [7, 11) is 1.36. The Balaban J connectivity index is 2.22. The number of aromatic nitrogens is 3. The maximum Gasteiger partial charge on any atom is 0.339 e. The van der Waals surface area contributed by atoms with Crippen LogP contribution < -0.4 is 0 Å². The summed E-state index contributed by atoms with van der Waals surface area (Å²) in [5.74, 6) is -0.385. The average Bonchev–Trinajstić information content (AvgIpc) is 2.90. The molecule has 0 unspecified atom stereocenters. The Bertz CT molecular complexity index is 798. The van der Waals surface area contributed by atoms with Gasteiger partial charge >= 0.3 is 5.97 Å². The van der Waals surface area contributed by atoms with E-state index in [4.69, 9.17) is 16.3 Å². The molecule has 1 N–H and O–H groups in total. The van der Waals surface area contributed by atoms with E-state index in [2.05, 4.69) is 15.0 Å². The molecule has 2 aromatic heterocycles. The van der Waals surface area contributed by atoms with Crippen LogP contribution in [0.25, 0.3) is 22.2 Å². The minimum absolute atomic E-state index is 0.181. The van der Waals surface area contributed by atoms with E-state index in [1.807, 2.05) is 6.07 Å². The Labute approximate surface area is 119 Å². The summed E-state index contributed by atoms with van der Waals surface area (Å²) in [4.78, 5) is 22.9. The maximum atomic E-state index is 11.7. The molecule has 0 saturated heterocycles. The minimum atomic E-state index is -0.385. The molecule has 0 fully saturated rings. The number of hydrogen-bond acceptors (Lipinski definition) is 4. The molecule has 2 heterocycles. The fraction of sp³-hybridized carbons (Fsp3) is 0.0714. The number of methoxy groups -OCH3 is 1. The number of carbonyl (C=O) groups is 1. The maximum absolute atomic E-state index is 11.7. The number of nitrogens with one attached hydrogen (secondary N) is 1. The van der Waals surface area contributed by atoms with Crippen molar-refractivity contribution in [2.75, 3.05) is 7.11 Å². The minimum Gasteiger partial charge on any atom is -0.465 e. The van der Waals surface area contributed by atoms with Gasteiger partial charge in [-0.25, -0.2) is 14.8 Å². The van der Waals surface area contributed by atoms with Crippen LogP contribution in [0.2, 0.25) is 5.28 Å². The monoisotopic (exact) mass is 287 g/mol. The number of esters is 1. The fourth-order valence-electron chi connectivity index (χ4n) is 2.13. The zero-order valence-corrected chi connectivity index (χ0v) is 11.3. The number of nitrogens with zero attached hydrogens (tertiary/aromatic N) is 2. The summed E-state index contributed by atoms with van der Waals surface area (Å²) >= 11 is 5.81. The summed E-state index contributed by atoms with van der Waals surface area (Å²) < 4.78 is 4.77. The first-order chi connectivity index (χ1) is 9.70. The fourth-order valence-corrected chi connectivity index (χ4v) is 2.28. The molecule has 6 heteroatoms. The molecule has 3 aromatic rings. The van der Waals surface area contributed by atoms with Gasteiger partial charge in [-0.05, 0) is 23.7 Å². The molecule has 0 amide bonds. The third-order valence-corrected chi connectivity index (χ3v) is 3.21. The number of halogens is 1. The Morgan fingerprint density at radius 2 is 2.20 bits per heavy atom. The van der Waals surface area contributed by atoms with Crippen molar-refractivity contribution >= 4 is 28.5 Å². The first-order valence-electron chi connectivity index (χ1n) is 5.88. The quantitative estimate of drug-likeness (QED) is 0.581. The highest BCUT2D eigenvalue weighted by molar-refractivity contribution is 6.28. The van der Waals surface area contributed by atoms with Crippen LogP contribution >= 0.6 is 11.6 Å². The van der Waals surface area contributed by atoms with Gasteiger partial charge in [0.15, 0.2) is 0 Å². The average molecular weight is 288 g/mol. The van der Waals surface area contributed by atoms with Crippen LogP contribution in [0.4, 0.5) is 0 Å². The Morgan fingerprint density at radius 3 is 2.95 bits per heavy atom. The summed E-state index contributed by atoms with van der Waals surface area (Å²) in [6.07, 6.45) is 3.38. The molecule has 0 aliphatic rings. The van der Waals surface area contributed by atoms with Crippen LogP contribution in [-0.2, 0) is 4.74 Å². The zero-order valence-electron chi connectivity index (χ0n) is 10.6. The van der Waals surface area contributed by atoms with Gasteiger partial charge in [0.2, 0.25) is 5.28 Å². The van der Waals surface area contributed by atoms with Crippen molar-refractivity contribution in [2.45, 2.75) is 0 Å². The first kappa shape index (κ1) is 12.6. The molecule has 0 atom stereocenters. The van der Waals surface area contributed by atoms with Gasteiger partial charge in [-0.1, -0.05) is 12.1 Å². The number of ether oxygens (including phenoxy) is 1. The Morgan fingerprint density at radius 1 is 1.35 bits per heavy atom. The lowest BCUT2D eigenvalue weighted by molar-refractivity contribution is 0.0603. The lowest BCUT2D eigenvalue weighted by Gasteiger charge is -2.02. The van der Waals surface area contributed by atoms with Gasteiger partial charge in [-0.2, -0.15) is 0 Å². The number of H-pyrrole nitrogens is 1. The van der Waals surface area contributed by atoms with Gasteiger partial charge in [0.25, 0.3) is 0 Å². The molecule has 0 spiro atoms. The lowest BCUT2D eigenvalue weighted by atomic mass is 10.1. The summed E-state index contributed by atoms with van der Waals surface area (Å²) in [6, 6.07) is 7.18. The van der Waals surface area contributed by atoms with Crippen LogP contribution in [0.1, 0.15) is 10.4 Å². The molecule has 0 bridgehead atoms. The molecule has 0 radical (unpaired) electrons. The summed E-state index contributed by atoms with van der Waals surface area (Å²) in [6.45, 7) is 0. The molecule has 20 heavy (non-hydrogen) atoms. The molecule has 3 rings (SSSR count). The standard InChI is InChI=1S/C14H10ClN3O2/c1-20-13(19)9-4-2-3-8-10(7-17-12(8)9)11-5-6-16-14(15)18-11/h2-7,17H,1H3. The highest BCUT2D eigenvalue weighted by Gasteiger charge is 2.15. The number of rotatable bonds is 2. The smallest absolute Gasteiger partial charge is 0.339 e. The van der Waals surface area contributed by atoms with Gasteiger partial charge in [0.1, 0.15) is 0 Å².